The smallest absolute Gasteiger partial charge is 0.381 e. The number of hydrogen-bond acceptors (Lipinski definition) is 4. The second kappa shape index (κ2) is 7.81. The summed E-state index contributed by atoms with van der Waals surface area (Å²) in [5.41, 5.74) is -1.67. The van der Waals surface area contributed by atoms with Gasteiger partial charge in [0.15, 0.2) is 6.10 Å². The molecule has 0 aromatic heterocycles. The van der Waals surface area contributed by atoms with Crippen molar-refractivity contribution in [3.8, 4) is 0 Å². The van der Waals surface area contributed by atoms with Crippen LogP contribution in [-0.4, -0.2) is 29.6 Å². The van der Waals surface area contributed by atoms with Crippen LogP contribution in [0.3, 0.4) is 0 Å². The van der Waals surface area contributed by atoms with E-state index in [-0.39, 0.29) is 18.3 Å². The molecular weight excluding hydrogens is 378 g/mol. The lowest BCUT2D eigenvalue weighted by Gasteiger charge is -2.60. The number of ether oxygens (including phenoxy) is 2. The van der Waals surface area contributed by atoms with E-state index >= 15 is 8.78 Å². The van der Waals surface area contributed by atoms with Crippen molar-refractivity contribution in [1.82, 2.24) is 0 Å². The third-order valence-corrected chi connectivity index (χ3v) is 8.09. The average molecular weight is 415 g/mol. The molecule has 4 aliphatic rings. The molecule has 0 amide bonds. The molecule has 166 valence electrons. The molecule has 0 radical (unpaired) electrons. The van der Waals surface area contributed by atoms with E-state index in [1.54, 1.807) is 20.8 Å². The van der Waals surface area contributed by atoms with Gasteiger partial charge in [-0.15, -0.1) is 0 Å². The number of rotatable bonds is 8. The highest BCUT2D eigenvalue weighted by atomic mass is 19.3. The minimum Gasteiger partial charge on any atom is -0.455 e. The van der Waals surface area contributed by atoms with E-state index in [9.17, 15) is 9.59 Å². The maximum absolute atomic E-state index is 15.1. The Kier molecular flexibility index (Phi) is 6.05. The van der Waals surface area contributed by atoms with Crippen molar-refractivity contribution in [2.24, 2.45) is 29.1 Å². The van der Waals surface area contributed by atoms with Crippen molar-refractivity contribution in [3.63, 3.8) is 0 Å². The molecule has 0 N–H and O–H groups in total. The van der Waals surface area contributed by atoms with Crippen LogP contribution >= 0.6 is 0 Å². The molecule has 4 nitrogen and oxygen atoms in total. The fourth-order valence-corrected chi connectivity index (χ4v) is 6.02. The van der Waals surface area contributed by atoms with Gasteiger partial charge in [-0.2, -0.15) is 8.78 Å². The molecule has 4 fully saturated rings. The average Bonchev–Trinajstić information content (AvgIpc) is 2.67. The predicted octanol–water partition coefficient (Wildman–Crippen LogP) is 5.53. The third-order valence-electron chi connectivity index (χ3n) is 8.09. The highest BCUT2D eigenvalue weighted by molar-refractivity contribution is 5.81. The minimum atomic E-state index is -3.86. The number of halogens is 2. The Labute approximate surface area is 173 Å². The van der Waals surface area contributed by atoms with Crippen LogP contribution < -0.4 is 0 Å². The molecule has 0 saturated heterocycles. The summed E-state index contributed by atoms with van der Waals surface area (Å²) in [6.45, 7) is 8.54. The Morgan fingerprint density at radius 1 is 0.966 bits per heavy atom. The molecule has 4 rings (SSSR count). The first kappa shape index (κ1) is 22.5. The summed E-state index contributed by atoms with van der Waals surface area (Å²) in [6, 6.07) is 0. The zero-order valence-electron chi connectivity index (χ0n) is 18.4. The highest BCUT2D eigenvalue weighted by Gasteiger charge is 2.61. The van der Waals surface area contributed by atoms with E-state index in [2.05, 4.69) is 0 Å². The van der Waals surface area contributed by atoms with E-state index in [0.29, 0.717) is 24.7 Å². The fraction of sp³-hybridized carbons (Fsp3) is 0.913. The Morgan fingerprint density at radius 2 is 1.48 bits per heavy atom. The molecule has 29 heavy (non-hydrogen) atoms. The molecule has 0 aromatic rings. The van der Waals surface area contributed by atoms with Crippen molar-refractivity contribution in [1.29, 1.82) is 0 Å². The molecule has 0 aromatic carbocycles. The summed E-state index contributed by atoms with van der Waals surface area (Å²) in [5.74, 6) is -4.45. The van der Waals surface area contributed by atoms with E-state index < -0.39 is 35.0 Å². The first-order valence-electron chi connectivity index (χ1n) is 11.3. The van der Waals surface area contributed by atoms with Gasteiger partial charge in [0.25, 0.3) is 0 Å². The first-order valence-corrected chi connectivity index (χ1v) is 11.3. The Bertz CT molecular complexity index is 615. The number of alkyl halides is 2. The normalized spacial score (nSPS) is 34.7. The Balaban J connectivity index is 1.76. The van der Waals surface area contributed by atoms with Crippen LogP contribution in [0.5, 0.6) is 0 Å². The van der Waals surface area contributed by atoms with Crippen LogP contribution in [0.4, 0.5) is 8.78 Å². The lowest BCUT2D eigenvalue weighted by Crippen LogP contribution is -2.61. The molecule has 1 atom stereocenters. The zero-order chi connectivity index (χ0) is 21.6. The van der Waals surface area contributed by atoms with Crippen LogP contribution in [-0.2, 0) is 19.1 Å². The van der Waals surface area contributed by atoms with Gasteiger partial charge in [-0.05, 0) is 88.9 Å². The summed E-state index contributed by atoms with van der Waals surface area (Å²) in [6.07, 6.45) is 4.17. The van der Waals surface area contributed by atoms with Crippen LogP contribution in [0.15, 0.2) is 0 Å². The van der Waals surface area contributed by atoms with Crippen molar-refractivity contribution in [3.05, 3.63) is 0 Å². The van der Waals surface area contributed by atoms with Crippen LogP contribution in [0.1, 0.15) is 86.0 Å². The van der Waals surface area contributed by atoms with Gasteiger partial charge in [0.2, 0.25) is 0 Å². The maximum Gasteiger partial charge on any atom is 0.381 e. The van der Waals surface area contributed by atoms with Crippen molar-refractivity contribution in [2.75, 3.05) is 0 Å². The second-order valence-corrected chi connectivity index (χ2v) is 10.2. The zero-order valence-corrected chi connectivity index (χ0v) is 18.4. The van der Waals surface area contributed by atoms with Gasteiger partial charge >= 0.3 is 17.9 Å². The fourth-order valence-electron chi connectivity index (χ4n) is 6.02. The first-order chi connectivity index (χ1) is 13.5. The predicted molar refractivity (Wildman–Crippen MR) is 105 cm³/mol. The van der Waals surface area contributed by atoms with Crippen molar-refractivity contribution in [2.45, 2.75) is 104 Å². The van der Waals surface area contributed by atoms with Crippen LogP contribution in [0.25, 0.3) is 0 Å². The van der Waals surface area contributed by atoms with Crippen LogP contribution in [0, 0.1) is 29.1 Å². The van der Waals surface area contributed by atoms with Crippen molar-refractivity contribution < 1.29 is 27.8 Å². The number of esters is 2. The monoisotopic (exact) mass is 414 g/mol. The standard InChI is InChI=1S/C23H36F2O4/c1-6-18(28-19(26)21(4,5)7-2)23(24,25)20(27)29-22(8-3)16-10-14-9-15(12-16)13-17(22)11-14/h14-18H,6-13H2,1-5H3. The van der Waals surface area contributed by atoms with E-state index in [1.165, 1.54) is 13.3 Å². The van der Waals surface area contributed by atoms with Gasteiger partial charge in [0.05, 0.1) is 5.41 Å². The van der Waals surface area contributed by atoms with E-state index in [4.69, 9.17) is 9.47 Å². The summed E-state index contributed by atoms with van der Waals surface area (Å²) in [4.78, 5) is 25.1. The quantitative estimate of drug-likeness (QED) is 0.490. The number of hydrogen-bond donors (Lipinski definition) is 0. The summed E-state index contributed by atoms with van der Waals surface area (Å²) in [7, 11) is 0. The lowest BCUT2D eigenvalue weighted by molar-refractivity contribution is -0.240. The van der Waals surface area contributed by atoms with Gasteiger partial charge in [-0.25, -0.2) is 4.79 Å². The van der Waals surface area contributed by atoms with Gasteiger partial charge < -0.3 is 9.47 Å². The molecule has 1 unspecified atom stereocenters. The SMILES string of the molecule is CCC(OC(=O)C(C)(C)CC)C(F)(F)C(=O)OC1(CC)C2CC3CC(C2)CC1C3. The highest BCUT2D eigenvalue weighted by Crippen LogP contribution is 2.61. The number of carbonyl (C=O) groups is 2. The van der Waals surface area contributed by atoms with Gasteiger partial charge in [0, 0.05) is 0 Å². The lowest BCUT2D eigenvalue weighted by atomic mass is 9.49. The van der Waals surface area contributed by atoms with Gasteiger partial charge in [0.1, 0.15) is 5.60 Å². The van der Waals surface area contributed by atoms with E-state index in [1.807, 2.05) is 6.92 Å². The van der Waals surface area contributed by atoms with Gasteiger partial charge in [-0.3, -0.25) is 4.79 Å². The summed E-state index contributed by atoms with van der Waals surface area (Å²) in [5, 5.41) is 0. The van der Waals surface area contributed by atoms with E-state index in [0.717, 1.165) is 25.7 Å². The molecule has 0 aliphatic heterocycles. The molecule has 4 bridgehead atoms. The Morgan fingerprint density at radius 3 is 1.90 bits per heavy atom. The molecule has 4 saturated carbocycles. The second-order valence-electron chi connectivity index (χ2n) is 10.2. The largest absolute Gasteiger partial charge is 0.455 e. The number of carbonyl (C=O) groups excluding carboxylic acids is 2. The topological polar surface area (TPSA) is 52.6 Å². The molecule has 4 aliphatic carbocycles. The molecule has 0 spiro atoms. The summed E-state index contributed by atoms with van der Waals surface area (Å²) >= 11 is 0. The summed E-state index contributed by atoms with van der Waals surface area (Å²) < 4.78 is 41.1. The third kappa shape index (κ3) is 3.81. The Hall–Kier alpha value is -1.20. The molecule has 0 heterocycles. The maximum atomic E-state index is 15.1. The molecule has 6 heteroatoms. The molecular formula is C23H36F2O4. The van der Waals surface area contributed by atoms with Crippen LogP contribution in [0.2, 0.25) is 0 Å². The van der Waals surface area contributed by atoms with Crippen molar-refractivity contribution >= 4 is 11.9 Å². The van der Waals surface area contributed by atoms with Gasteiger partial charge in [-0.1, -0.05) is 20.8 Å². The minimum absolute atomic E-state index is 0.149.